The molecular weight excluding hydrogens is 454 g/mol. The number of nitriles is 1. The van der Waals surface area contributed by atoms with Gasteiger partial charge < -0.3 is 10.2 Å². The standard InChI is InChI=1S/C21H23FN4.HI/c1-24-21(25-14-19-12-17(13-23)7-8-20(19)22)26-10-9-18(15-26)11-16-5-3-2-4-6-16;/h2-8,12,18H,9-11,14-15H2,1H3,(H,24,25);1H. The van der Waals surface area contributed by atoms with Crippen LogP contribution in [0.3, 0.4) is 0 Å². The molecule has 0 aliphatic carbocycles. The number of aliphatic imine (C=N–C) groups is 1. The Balaban J connectivity index is 0.00000261. The fraction of sp³-hybridized carbons (Fsp3) is 0.333. The Morgan fingerprint density at radius 3 is 2.78 bits per heavy atom. The van der Waals surface area contributed by atoms with Crippen molar-refractivity contribution in [3.8, 4) is 6.07 Å². The van der Waals surface area contributed by atoms with E-state index in [1.807, 2.05) is 12.1 Å². The van der Waals surface area contributed by atoms with Crippen LogP contribution in [0.2, 0.25) is 0 Å². The quantitative estimate of drug-likeness (QED) is 0.412. The van der Waals surface area contributed by atoms with Crippen LogP contribution >= 0.6 is 24.0 Å². The molecule has 142 valence electrons. The fourth-order valence-electron chi connectivity index (χ4n) is 3.43. The van der Waals surface area contributed by atoms with Gasteiger partial charge in [0, 0.05) is 32.2 Å². The van der Waals surface area contributed by atoms with Gasteiger partial charge in [0.15, 0.2) is 5.96 Å². The molecule has 0 bridgehead atoms. The zero-order chi connectivity index (χ0) is 18.4. The van der Waals surface area contributed by atoms with E-state index in [0.717, 1.165) is 31.9 Å². The van der Waals surface area contributed by atoms with E-state index >= 15 is 0 Å². The van der Waals surface area contributed by atoms with Gasteiger partial charge in [0.1, 0.15) is 5.82 Å². The van der Waals surface area contributed by atoms with E-state index in [9.17, 15) is 4.39 Å². The molecule has 1 atom stereocenters. The van der Waals surface area contributed by atoms with Gasteiger partial charge in [0.05, 0.1) is 11.6 Å². The minimum atomic E-state index is -0.310. The van der Waals surface area contributed by atoms with Gasteiger partial charge in [-0.15, -0.1) is 24.0 Å². The SMILES string of the molecule is CN=C(NCc1cc(C#N)ccc1F)N1CCC(Cc2ccccc2)C1.I. The van der Waals surface area contributed by atoms with E-state index in [2.05, 4.69) is 39.5 Å². The maximum atomic E-state index is 13.9. The zero-order valence-electron chi connectivity index (χ0n) is 15.4. The monoisotopic (exact) mass is 478 g/mol. The molecule has 27 heavy (non-hydrogen) atoms. The summed E-state index contributed by atoms with van der Waals surface area (Å²) in [5.74, 6) is 1.06. The number of rotatable bonds is 4. The topological polar surface area (TPSA) is 51.4 Å². The Morgan fingerprint density at radius 1 is 1.30 bits per heavy atom. The van der Waals surface area contributed by atoms with Crippen LogP contribution in [0.15, 0.2) is 53.5 Å². The third-order valence-corrected chi connectivity index (χ3v) is 4.78. The van der Waals surface area contributed by atoms with Crippen molar-refractivity contribution < 1.29 is 4.39 Å². The lowest BCUT2D eigenvalue weighted by molar-refractivity contribution is 0.459. The van der Waals surface area contributed by atoms with Crippen molar-refractivity contribution in [3.63, 3.8) is 0 Å². The van der Waals surface area contributed by atoms with Crippen LogP contribution in [0.5, 0.6) is 0 Å². The second kappa shape index (κ2) is 10.3. The summed E-state index contributed by atoms with van der Waals surface area (Å²) in [6.07, 6.45) is 2.18. The normalized spacial score (nSPS) is 16.6. The number of halogens is 2. The van der Waals surface area contributed by atoms with E-state index < -0.39 is 0 Å². The summed E-state index contributed by atoms with van der Waals surface area (Å²) in [6, 6.07) is 17.0. The molecule has 1 unspecified atom stereocenters. The molecule has 3 rings (SSSR count). The highest BCUT2D eigenvalue weighted by Crippen LogP contribution is 2.21. The van der Waals surface area contributed by atoms with Crippen molar-refractivity contribution in [2.45, 2.75) is 19.4 Å². The van der Waals surface area contributed by atoms with Crippen molar-refractivity contribution in [2.24, 2.45) is 10.9 Å². The van der Waals surface area contributed by atoms with Gasteiger partial charge in [0.25, 0.3) is 0 Å². The zero-order valence-corrected chi connectivity index (χ0v) is 17.7. The molecule has 2 aromatic carbocycles. The Hall–Kier alpha value is -2.14. The largest absolute Gasteiger partial charge is 0.352 e. The average Bonchev–Trinajstić information content (AvgIpc) is 3.12. The first kappa shape index (κ1) is 21.2. The lowest BCUT2D eigenvalue weighted by Gasteiger charge is -2.22. The van der Waals surface area contributed by atoms with Gasteiger partial charge in [-0.1, -0.05) is 30.3 Å². The van der Waals surface area contributed by atoms with Crippen LogP contribution in [-0.2, 0) is 13.0 Å². The van der Waals surface area contributed by atoms with E-state index in [1.165, 1.54) is 17.7 Å². The van der Waals surface area contributed by atoms with E-state index in [0.29, 0.717) is 23.6 Å². The number of hydrogen-bond donors (Lipinski definition) is 1. The van der Waals surface area contributed by atoms with Crippen LogP contribution < -0.4 is 5.32 Å². The first-order chi connectivity index (χ1) is 12.7. The van der Waals surface area contributed by atoms with Crippen molar-refractivity contribution in [1.82, 2.24) is 10.2 Å². The molecule has 1 aliphatic heterocycles. The van der Waals surface area contributed by atoms with E-state index in [1.54, 1.807) is 13.1 Å². The van der Waals surface area contributed by atoms with Gasteiger partial charge >= 0.3 is 0 Å². The van der Waals surface area contributed by atoms with Gasteiger partial charge in [-0.25, -0.2) is 4.39 Å². The summed E-state index contributed by atoms with van der Waals surface area (Å²) in [6.45, 7) is 2.20. The van der Waals surface area contributed by atoms with Crippen molar-refractivity contribution in [1.29, 1.82) is 5.26 Å². The van der Waals surface area contributed by atoms with Crippen LogP contribution in [0.1, 0.15) is 23.1 Å². The Bertz CT molecular complexity index is 817. The first-order valence-corrected chi connectivity index (χ1v) is 8.87. The molecule has 1 fully saturated rings. The van der Waals surface area contributed by atoms with E-state index in [-0.39, 0.29) is 29.8 Å². The lowest BCUT2D eigenvalue weighted by Crippen LogP contribution is -2.39. The molecule has 1 saturated heterocycles. The number of benzene rings is 2. The first-order valence-electron chi connectivity index (χ1n) is 8.87. The molecule has 0 aromatic heterocycles. The Kier molecular flexibility index (Phi) is 8.04. The van der Waals surface area contributed by atoms with Crippen molar-refractivity contribution in [3.05, 3.63) is 71.0 Å². The average molecular weight is 478 g/mol. The third kappa shape index (κ3) is 5.67. The number of likely N-dealkylation sites (tertiary alicyclic amines) is 1. The molecule has 1 heterocycles. The molecule has 1 aliphatic rings. The van der Waals surface area contributed by atoms with Gasteiger partial charge in [-0.05, 0) is 42.5 Å². The number of hydrogen-bond acceptors (Lipinski definition) is 2. The van der Waals surface area contributed by atoms with Crippen molar-refractivity contribution in [2.75, 3.05) is 20.1 Å². The smallest absolute Gasteiger partial charge is 0.193 e. The summed E-state index contributed by atoms with van der Waals surface area (Å²) < 4.78 is 13.9. The van der Waals surface area contributed by atoms with E-state index in [4.69, 9.17) is 5.26 Å². The second-order valence-corrected chi connectivity index (χ2v) is 6.61. The highest BCUT2D eigenvalue weighted by Gasteiger charge is 2.25. The van der Waals surface area contributed by atoms with Crippen LogP contribution in [0.25, 0.3) is 0 Å². The summed E-state index contributed by atoms with van der Waals surface area (Å²) >= 11 is 0. The predicted octanol–water partition coefficient (Wildman–Crippen LogP) is 3.96. The third-order valence-electron chi connectivity index (χ3n) is 4.78. The van der Waals surface area contributed by atoms with Crippen molar-refractivity contribution >= 4 is 29.9 Å². The molecule has 0 spiro atoms. The molecule has 0 radical (unpaired) electrons. The van der Waals surface area contributed by atoms with Crippen LogP contribution in [-0.4, -0.2) is 31.0 Å². The molecule has 0 amide bonds. The highest BCUT2D eigenvalue weighted by atomic mass is 127. The predicted molar refractivity (Wildman–Crippen MR) is 117 cm³/mol. The number of nitrogens with one attached hydrogen (secondary N) is 1. The van der Waals surface area contributed by atoms with Gasteiger partial charge in [0.2, 0.25) is 0 Å². The lowest BCUT2D eigenvalue weighted by atomic mass is 9.99. The molecule has 4 nitrogen and oxygen atoms in total. The minimum absolute atomic E-state index is 0. The molecular formula is C21H24FIN4. The van der Waals surface area contributed by atoms with Crippen LogP contribution in [0.4, 0.5) is 4.39 Å². The maximum absolute atomic E-state index is 13.9. The molecule has 0 saturated carbocycles. The summed E-state index contributed by atoms with van der Waals surface area (Å²) in [5.41, 5.74) is 2.30. The maximum Gasteiger partial charge on any atom is 0.193 e. The summed E-state index contributed by atoms with van der Waals surface area (Å²) in [7, 11) is 1.74. The minimum Gasteiger partial charge on any atom is -0.352 e. The Labute approximate surface area is 177 Å². The number of guanidine groups is 1. The molecule has 2 aromatic rings. The van der Waals surface area contributed by atoms with Gasteiger partial charge in [-0.3, -0.25) is 4.99 Å². The highest BCUT2D eigenvalue weighted by molar-refractivity contribution is 14.0. The molecule has 1 N–H and O–H groups in total. The van der Waals surface area contributed by atoms with Gasteiger partial charge in [-0.2, -0.15) is 5.26 Å². The fourth-order valence-corrected chi connectivity index (χ4v) is 3.43. The number of nitrogens with zero attached hydrogens (tertiary/aromatic N) is 3. The summed E-state index contributed by atoms with van der Waals surface area (Å²) in [4.78, 5) is 6.56. The molecule has 6 heteroatoms. The summed E-state index contributed by atoms with van der Waals surface area (Å²) in [5, 5.41) is 12.2. The Morgan fingerprint density at radius 2 is 2.07 bits per heavy atom. The van der Waals surface area contributed by atoms with Crippen LogP contribution in [0, 0.1) is 23.1 Å². The second-order valence-electron chi connectivity index (χ2n) is 6.61.